The van der Waals surface area contributed by atoms with Gasteiger partial charge in [0.05, 0.1) is 4.92 Å². The summed E-state index contributed by atoms with van der Waals surface area (Å²) < 4.78 is 38.2. The predicted molar refractivity (Wildman–Crippen MR) is 66.7 cm³/mol. The number of alkyl halides is 4. The van der Waals surface area contributed by atoms with Gasteiger partial charge in [0.2, 0.25) is 5.91 Å². The summed E-state index contributed by atoms with van der Waals surface area (Å²) in [5.41, 5.74) is -2.74. The van der Waals surface area contributed by atoms with Crippen molar-refractivity contribution in [2.45, 2.75) is 24.9 Å². The summed E-state index contributed by atoms with van der Waals surface area (Å²) in [7, 11) is 0. The van der Waals surface area contributed by atoms with Gasteiger partial charge in [-0.15, -0.1) is 11.6 Å². The Morgan fingerprint density at radius 2 is 1.90 bits per heavy atom. The fourth-order valence-electron chi connectivity index (χ4n) is 1.28. The van der Waals surface area contributed by atoms with Gasteiger partial charge in [0.1, 0.15) is 10.4 Å². The number of carbonyl (C=O) groups excluding carboxylic acids is 1. The highest BCUT2D eigenvalue weighted by Gasteiger charge is 2.38. The third-order valence-corrected chi connectivity index (χ3v) is 2.47. The Labute approximate surface area is 116 Å². The summed E-state index contributed by atoms with van der Waals surface area (Å²) in [6.45, 7) is 2.72. The molecule has 0 aliphatic carbocycles. The van der Waals surface area contributed by atoms with Crippen LogP contribution in [0.2, 0.25) is 0 Å². The van der Waals surface area contributed by atoms with E-state index in [4.69, 9.17) is 11.6 Å². The highest BCUT2D eigenvalue weighted by Crippen LogP contribution is 2.37. The Bertz CT molecular complexity index is 553. The fraction of sp³-hybridized carbons (Fsp3) is 0.364. The molecule has 110 valence electrons. The Morgan fingerprint density at radius 3 is 2.30 bits per heavy atom. The Kier molecular flexibility index (Phi) is 4.28. The first-order valence-electron chi connectivity index (χ1n) is 5.29. The van der Waals surface area contributed by atoms with Crippen molar-refractivity contribution in [2.75, 3.05) is 5.32 Å². The number of nitro benzene ring substituents is 1. The smallest absolute Gasteiger partial charge is 0.325 e. The first kappa shape index (κ1) is 16.2. The molecule has 0 saturated carbocycles. The van der Waals surface area contributed by atoms with Crippen LogP contribution in [0.5, 0.6) is 0 Å². The van der Waals surface area contributed by atoms with Crippen molar-refractivity contribution in [2.24, 2.45) is 0 Å². The van der Waals surface area contributed by atoms with E-state index in [9.17, 15) is 28.1 Å². The van der Waals surface area contributed by atoms with Crippen LogP contribution in [0.15, 0.2) is 18.2 Å². The average Bonchev–Trinajstić information content (AvgIpc) is 2.26. The number of benzene rings is 1. The lowest BCUT2D eigenvalue weighted by Crippen LogP contribution is -2.31. The summed E-state index contributed by atoms with van der Waals surface area (Å²) in [6, 6.07) is 2.19. The lowest BCUT2D eigenvalue weighted by Gasteiger charge is -2.16. The molecule has 0 saturated heterocycles. The number of hydrogen-bond acceptors (Lipinski definition) is 3. The van der Waals surface area contributed by atoms with Crippen molar-refractivity contribution in [1.29, 1.82) is 0 Å². The number of hydrogen-bond donors (Lipinski definition) is 1. The third kappa shape index (κ3) is 3.83. The van der Waals surface area contributed by atoms with Gasteiger partial charge in [-0.2, -0.15) is 13.2 Å². The number of rotatable bonds is 3. The summed E-state index contributed by atoms with van der Waals surface area (Å²) in [6.07, 6.45) is -4.90. The van der Waals surface area contributed by atoms with E-state index in [1.54, 1.807) is 0 Å². The van der Waals surface area contributed by atoms with Crippen molar-refractivity contribution in [3.05, 3.63) is 33.9 Å². The molecule has 0 atom stereocenters. The van der Waals surface area contributed by atoms with Crippen molar-refractivity contribution in [3.63, 3.8) is 0 Å². The molecule has 1 rings (SSSR count). The second-order valence-electron chi connectivity index (χ2n) is 4.41. The number of anilines is 1. The van der Waals surface area contributed by atoms with Gasteiger partial charge in [-0.25, -0.2) is 0 Å². The zero-order valence-electron chi connectivity index (χ0n) is 10.4. The monoisotopic (exact) mass is 310 g/mol. The van der Waals surface area contributed by atoms with E-state index < -0.39 is 33.1 Å². The van der Waals surface area contributed by atoms with E-state index in [0.29, 0.717) is 12.1 Å². The van der Waals surface area contributed by atoms with E-state index in [1.807, 2.05) is 0 Å². The molecule has 1 aromatic carbocycles. The lowest BCUT2D eigenvalue weighted by molar-refractivity contribution is -0.388. The summed E-state index contributed by atoms with van der Waals surface area (Å²) >= 11 is 5.70. The highest BCUT2D eigenvalue weighted by atomic mass is 35.5. The Hall–Kier alpha value is -1.83. The van der Waals surface area contributed by atoms with Crippen LogP contribution in [0.1, 0.15) is 19.4 Å². The van der Waals surface area contributed by atoms with Crippen LogP contribution in [-0.2, 0) is 11.0 Å². The standard InChI is InChI=1S/C11H10ClF3N2O3/c1-10(2,12)9(18)16-6-3-4-8(17(19)20)7(5-6)11(13,14)15/h3-5H,1-2H3,(H,16,18). The lowest BCUT2D eigenvalue weighted by atomic mass is 10.1. The minimum absolute atomic E-state index is 0.221. The molecule has 0 spiro atoms. The first-order valence-corrected chi connectivity index (χ1v) is 5.66. The van der Waals surface area contributed by atoms with Crippen LogP contribution < -0.4 is 5.32 Å². The number of nitrogens with zero attached hydrogens (tertiary/aromatic N) is 1. The van der Waals surface area contributed by atoms with Gasteiger partial charge in [-0.1, -0.05) is 0 Å². The van der Waals surface area contributed by atoms with Gasteiger partial charge in [0.25, 0.3) is 5.69 Å². The molecule has 0 aromatic heterocycles. The third-order valence-electron chi connectivity index (χ3n) is 2.30. The second kappa shape index (κ2) is 5.28. The van der Waals surface area contributed by atoms with E-state index in [1.165, 1.54) is 13.8 Å². The molecule has 9 heteroatoms. The molecule has 1 N–H and O–H groups in total. The maximum atomic E-state index is 12.7. The molecule has 0 aliphatic heterocycles. The zero-order valence-corrected chi connectivity index (χ0v) is 11.2. The minimum Gasteiger partial charge on any atom is -0.325 e. The van der Waals surface area contributed by atoms with Crippen LogP contribution in [0, 0.1) is 10.1 Å². The molecule has 5 nitrogen and oxygen atoms in total. The Balaban J connectivity index is 3.21. The summed E-state index contributed by atoms with van der Waals surface area (Å²) in [4.78, 5) is 19.7. The van der Waals surface area contributed by atoms with Crippen LogP contribution in [0.25, 0.3) is 0 Å². The van der Waals surface area contributed by atoms with E-state index in [2.05, 4.69) is 5.32 Å². The first-order chi connectivity index (χ1) is 8.93. The number of halogens is 4. The maximum Gasteiger partial charge on any atom is 0.423 e. The van der Waals surface area contributed by atoms with Gasteiger partial charge >= 0.3 is 6.18 Å². The number of carbonyl (C=O) groups is 1. The van der Waals surface area contributed by atoms with E-state index in [0.717, 1.165) is 6.07 Å². The molecule has 0 fully saturated rings. The molecule has 20 heavy (non-hydrogen) atoms. The zero-order chi connectivity index (χ0) is 15.7. The van der Waals surface area contributed by atoms with E-state index >= 15 is 0 Å². The van der Waals surface area contributed by atoms with Crippen molar-refractivity contribution < 1.29 is 22.9 Å². The molecule has 0 radical (unpaired) electrons. The summed E-state index contributed by atoms with van der Waals surface area (Å²) in [5.74, 6) is -0.721. The minimum atomic E-state index is -4.90. The van der Waals surface area contributed by atoms with Crippen molar-refractivity contribution >= 4 is 28.9 Å². The van der Waals surface area contributed by atoms with Gasteiger partial charge in [-0.3, -0.25) is 14.9 Å². The molecule has 0 heterocycles. The number of nitrogens with one attached hydrogen (secondary N) is 1. The Morgan fingerprint density at radius 1 is 1.35 bits per heavy atom. The SMILES string of the molecule is CC(C)(Cl)C(=O)Nc1ccc([N+](=O)[O-])c(C(F)(F)F)c1. The van der Waals surface area contributed by atoms with Crippen LogP contribution >= 0.6 is 11.6 Å². The molecule has 1 amide bonds. The summed E-state index contributed by atoms with van der Waals surface area (Å²) in [5, 5.41) is 12.7. The average molecular weight is 311 g/mol. The topological polar surface area (TPSA) is 72.2 Å². The van der Waals surface area contributed by atoms with Crippen LogP contribution in [-0.4, -0.2) is 15.7 Å². The largest absolute Gasteiger partial charge is 0.423 e. The molecule has 1 aromatic rings. The molecular formula is C11H10ClF3N2O3. The quantitative estimate of drug-likeness (QED) is 0.527. The van der Waals surface area contributed by atoms with Gasteiger partial charge < -0.3 is 5.32 Å². The van der Waals surface area contributed by atoms with Crippen LogP contribution in [0.4, 0.5) is 24.5 Å². The van der Waals surface area contributed by atoms with Gasteiger partial charge in [0.15, 0.2) is 0 Å². The number of nitro groups is 1. The van der Waals surface area contributed by atoms with Crippen molar-refractivity contribution in [1.82, 2.24) is 0 Å². The molecule has 0 aliphatic rings. The van der Waals surface area contributed by atoms with Crippen molar-refractivity contribution in [3.8, 4) is 0 Å². The normalized spacial score (nSPS) is 12.1. The fourth-order valence-corrected chi connectivity index (χ4v) is 1.33. The van der Waals surface area contributed by atoms with Gasteiger partial charge in [-0.05, 0) is 26.0 Å². The van der Waals surface area contributed by atoms with Gasteiger partial charge in [0, 0.05) is 11.8 Å². The molecule has 0 unspecified atom stereocenters. The number of amides is 1. The predicted octanol–water partition coefficient (Wildman–Crippen LogP) is 3.57. The second-order valence-corrected chi connectivity index (χ2v) is 5.36. The highest BCUT2D eigenvalue weighted by molar-refractivity contribution is 6.36. The van der Waals surface area contributed by atoms with E-state index in [-0.39, 0.29) is 5.69 Å². The van der Waals surface area contributed by atoms with Crippen LogP contribution in [0.3, 0.4) is 0 Å². The maximum absolute atomic E-state index is 12.7. The molecule has 0 bridgehead atoms. The molecular weight excluding hydrogens is 301 g/mol.